The molecule has 5 heteroatoms. The van der Waals surface area contributed by atoms with E-state index in [1.54, 1.807) is 20.9 Å². The summed E-state index contributed by atoms with van der Waals surface area (Å²) in [5.74, 6) is -0.152. The normalized spacial score (nSPS) is 21.3. The van der Waals surface area contributed by atoms with Crippen molar-refractivity contribution in [1.29, 1.82) is 5.26 Å². The average molecular weight is 265 g/mol. The number of hydrogen-bond donors (Lipinski definition) is 1. The summed E-state index contributed by atoms with van der Waals surface area (Å²) in [5.41, 5.74) is -1.08. The third-order valence-corrected chi connectivity index (χ3v) is 3.83. The monoisotopic (exact) mass is 265 g/mol. The molecule has 1 aliphatic rings. The van der Waals surface area contributed by atoms with Crippen LogP contribution in [0, 0.1) is 16.7 Å². The second-order valence-electron chi connectivity index (χ2n) is 6.06. The van der Waals surface area contributed by atoms with E-state index in [1.807, 2.05) is 6.92 Å². The van der Waals surface area contributed by atoms with Gasteiger partial charge < -0.3 is 5.32 Å². The Morgan fingerprint density at radius 1 is 1.42 bits per heavy atom. The Morgan fingerprint density at radius 3 is 2.47 bits per heavy atom. The highest BCUT2D eigenvalue weighted by Crippen LogP contribution is 2.31. The summed E-state index contributed by atoms with van der Waals surface area (Å²) in [7, 11) is 1.76. The lowest BCUT2D eigenvalue weighted by molar-refractivity contribution is -0.140. The van der Waals surface area contributed by atoms with Crippen molar-refractivity contribution in [3.05, 3.63) is 0 Å². The molecular formula is C14H23N3O2. The molecule has 1 fully saturated rings. The first-order valence-electron chi connectivity index (χ1n) is 6.71. The lowest BCUT2D eigenvalue weighted by Crippen LogP contribution is -2.38. The molecule has 0 saturated carbocycles. The fourth-order valence-electron chi connectivity index (χ4n) is 2.24. The van der Waals surface area contributed by atoms with E-state index in [-0.39, 0.29) is 11.8 Å². The van der Waals surface area contributed by atoms with Crippen LogP contribution in [-0.4, -0.2) is 35.8 Å². The molecule has 1 atom stereocenters. The fourth-order valence-corrected chi connectivity index (χ4v) is 2.24. The van der Waals surface area contributed by atoms with Crippen molar-refractivity contribution in [2.75, 3.05) is 13.6 Å². The van der Waals surface area contributed by atoms with Crippen molar-refractivity contribution in [2.45, 2.75) is 52.0 Å². The zero-order valence-corrected chi connectivity index (χ0v) is 12.2. The number of unbranched alkanes of at least 4 members (excludes halogenated alkanes) is 1. The minimum atomic E-state index is -0.552. The molecule has 0 aromatic carbocycles. The Hall–Kier alpha value is -1.41. The van der Waals surface area contributed by atoms with Crippen molar-refractivity contribution < 1.29 is 9.59 Å². The average Bonchev–Trinajstić information content (AvgIpc) is 2.55. The largest absolute Gasteiger partial charge is 0.303 e. The summed E-state index contributed by atoms with van der Waals surface area (Å²) in [6, 6.07) is 2.23. The minimum absolute atomic E-state index is 0.0749. The quantitative estimate of drug-likeness (QED) is 0.582. The number of carbonyl (C=O) groups excluding carboxylic acids is 2. The van der Waals surface area contributed by atoms with Gasteiger partial charge in [0.2, 0.25) is 11.8 Å². The van der Waals surface area contributed by atoms with Gasteiger partial charge in [-0.1, -0.05) is 13.8 Å². The van der Waals surface area contributed by atoms with E-state index in [9.17, 15) is 9.59 Å². The molecule has 0 aromatic heterocycles. The number of amides is 2. The van der Waals surface area contributed by atoms with E-state index in [1.165, 1.54) is 4.90 Å². The van der Waals surface area contributed by atoms with E-state index < -0.39 is 11.0 Å². The van der Waals surface area contributed by atoms with Crippen LogP contribution in [0.5, 0.6) is 0 Å². The van der Waals surface area contributed by atoms with E-state index in [0.717, 1.165) is 12.8 Å². The molecular weight excluding hydrogens is 242 g/mol. The van der Waals surface area contributed by atoms with E-state index in [0.29, 0.717) is 19.4 Å². The molecule has 5 nitrogen and oxygen atoms in total. The highest BCUT2D eigenvalue weighted by Gasteiger charge is 2.44. The lowest BCUT2D eigenvalue weighted by atomic mass is 9.92. The van der Waals surface area contributed by atoms with Gasteiger partial charge in [-0.3, -0.25) is 14.5 Å². The minimum Gasteiger partial charge on any atom is -0.303 e. The van der Waals surface area contributed by atoms with Crippen molar-refractivity contribution in [2.24, 2.45) is 5.41 Å². The van der Waals surface area contributed by atoms with Gasteiger partial charge in [0, 0.05) is 13.0 Å². The van der Waals surface area contributed by atoms with Crippen LogP contribution in [0.2, 0.25) is 0 Å². The maximum atomic E-state index is 12.0. The van der Waals surface area contributed by atoms with Gasteiger partial charge in [-0.15, -0.1) is 0 Å². The van der Waals surface area contributed by atoms with Crippen LogP contribution in [0.3, 0.4) is 0 Å². The highest BCUT2D eigenvalue weighted by molar-refractivity contribution is 6.05. The molecule has 19 heavy (non-hydrogen) atoms. The molecule has 2 amide bonds. The van der Waals surface area contributed by atoms with Crippen LogP contribution in [0.4, 0.5) is 0 Å². The van der Waals surface area contributed by atoms with Gasteiger partial charge in [0.1, 0.15) is 5.54 Å². The molecule has 1 unspecified atom stereocenters. The van der Waals surface area contributed by atoms with Gasteiger partial charge in [-0.2, -0.15) is 5.26 Å². The second kappa shape index (κ2) is 5.70. The first-order valence-corrected chi connectivity index (χ1v) is 6.71. The van der Waals surface area contributed by atoms with Gasteiger partial charge in [-0.25, -0.2) is 0 Å². The SMILES string of the molecule is CNC(C)(C#N)CCCCN1C(=O)CC(C)(C)C1=O. The van der Waals surface area contributed by atoms with Crippen molar-refractivity contribution in [1.82, 2.24) is 10.2 Å². The molecule has 1 rings (SSSR count). The zero-order chi connectivity index (χ0) is 14.7. The fraction of sp³-hybridized carbons (Fsp3) is 0.786. The Kier molecular flexibility index (Phi) is 4.70. The Labute approximate surface area is 115 Å². The summed E-state index contributed by atoms with van der Waals surface area (Å²) in [5, 5.41) is 12.0. The molecule has 1 aliphatic heterocycles. The highest BCUT2D eigenvalue weighted by atomic mass is 16.2. The van der Waals surface area contributed by atoms with E-state index in [4.69, 9.17) is 5.26 Å². The molecule has 1 heterocycles. The van der Waals surface area contributed by atoms with Crippen molar-refractivity contribution >= 4 is 11.8 Å². The maximum Gasteiger partial charge on any atom is 0.235 e. The molecule has 1 N–H and O–H groups in total. The molecule has 0 radical (unpaired) electrons. The summed E-state index contributed by atoms with van der Waals surface area (Å²) in [6.45, 7) is 5.93. The van der Waals surface area contributed by atoms with Gasteiger partial charge in [0.15, 0.2) is 0 Å². The molecule has 0 spiro atoms. The third-order valence-electron chi connectivity index (χ3n) is 3.83. The number of nitrogens with one attached hydrogen (secondary N) is 1. The maximum absolute atomic E-state index is 12.0. The molecule has 106 valence electrons. The number of nitriles is 1. The molecule has 0 aromatic rings. The van der Waals surface area contributed by atoms with Crippen LogP contribution in [0.1, 0.15) is 46.5 Å². The zero-order valence-electron chi connectivity index (χ0n) is 12.2. The van der Waals surface area contributed by atoms with Crippen molar-refractivity contribution in [3.8, 4) is 6.07 Å². The van der Waals surface area contributed by atoms with Crippen LogP contribution < -0.4 is 5.32 Å². The number of nitrogens with zero attached hydrogens (tertiary/aromatic N) is 2. The predicted octanol–water partition coefficient (Wildman–Crippen LogP) is 1.44. The van der Waals surface area contributed by atoms with Crippen LogP contribution in [0.25, 0.3) is 0 Å². The summed E-state index contributed by atoms with van der Waals surface area (Å²) in [4.78, 5) is 25.1. The van der Waals surface area contributed by atoms with E-state index in [2.05, 4.69) is 11.4 Å². The van der Waals surface area contributed by atoms with E-state index >= 15 is 0 Å². The van der Waals surface area contributed by atoms with Crippen LogP contribution in [0.15, 0.2) is 0 Å². The standard InChI is InChI=1S/C14H23N3O2/c1-13(2)9-11(18)17(12(13)19)8-6-5-7-14(3,10-15)16-4/h16H,5-9H2,1-4H3. The summed E-state index contributed by atoms with van der Waals surface area (Å²) in [6.07, 6.45) is 2.56. The number of carbonyl (C=O) groups is 2. The third kappa shape index (κ3) is 3.54. The lowest BCUT2D eigenvalue weighted by Gasteiger charge is -2.21. The predicted molar refractivity (Wildman–Crippen MR) is 72.0 cm³/mol. The number of rotatable bonds is 6. The molecule has 0 bridgehead atoms. The van der Waals surface area contributed by atoms with Gasteiger partial charge in [0.25, 0.3) is 0 Å². The summed E-state index contributed by atoms with van der Waals surface area (Å²) < 4.78 is 0. The topological polar surface area (TPSA) is 73.2 Å². The number of imide groups is 1. The number of likely N-dealkylation sites (tertiary alicyclic amines) is 1. The smallest absolute Gasteiger partial charge is 0.235 e. The van der Waals surface area contributed by atoms with Gasteiger partial charge in [0.05, 0.1) is 11.5 Å². The van der Waals surface area contributed by atoms with Crippen molar-refractivity contribution in [3.63, 3.8) is 0 Å². The van der Waals surface area contributed by atoms with Gasteiger partial charge >= 0.3 is 0 Å². The first-order chi connectivity index (χ1) is 8.75. The Balaban J connectivity index is 2.41. The molecule has 1 saturated heterocycles. The molecule has 0 aliphatic carbocycles. The first kappa shape index (κ1) is 15.6. The Bertz CT molecular complexity index is 411. The van der Waals surface area contributed by atoms with Crippen LogP contribution >= 0.6 is 0 Å². The Morgan fingerprint density at radius 2 is 2.05 bits per heavy atom. The second-order valence-corrected chi connectivity index (χ2v) is 6.06. The van der Waals surface area contributed by atoms with Gasteiger partial charge in [-0.05, 0) is 33.2 Å². The van der Waals surface area contributed by atoms with Crippen LogP contribution in [-0.2, 0) is 9.59 Å². The number of hydrogen-bond acceptors (Lipinski definition) is 4. The summed E-state index contributed by atoms with van der Waals surface area (Å²) >= 11 is 0.